The zero-order valence-corrected chi connectivity index (χ0v) is 23.7. The van der Waals surface area contributed by atoms with Crippen LogP contribution in [0, 0.1) is 0 Å². The van der Waals surface area contributed by atoms with E-state index in [4.69, 9.17) is 0 Å². The second kappa shape index (κ2) is 9.43. The first-order chi connectivity index (χ1) is 20.4. The van der Waals surface area contributed by atoms with Gasteiger partial charge in [0.05, 0.1) is 0 Å². The maximum absolute atomic E-state index is 3.70. The zero-order chi connectivity index (χ0) is 27.2. The first-order valence-electron chi connectivity index (χ1n) is 14.1. The van der Waals surface area contributed by atoms with Crippen LogP contribution in [-0.4, -0.2) is 8.72 Å². The molecule has 2 heterocycles. The van der Waals surface area contributed by atoms with Crippen LogP contribution < -0.4 is 18.3 Å². The summed E-state index contributed by atoms with van der Waals surface area (Å²) in [6.07, 6.45) is 0. The predicted molar refractivity (Wildman–Crippen MR) is 174 cm³/mol. The first kappa shape index (κ1) is 23.6. The van der Waals surface area contributed by atoms with E-state index in [1.54, 1.807) is 0 Å². The monoisotopic (exact) mass is 545 g/mol. The Kier molecular flexibility index (Phi) is 5.43. The van der Waals surface area contributed by atoms with Crippen molar-refractivity contribution in [2.45, 2.75) is 0 Å². The van der Waals surface area contributed by atoms with Crippen molar-refractivity contribution in [1.82, 2.24) is 0 Å². The van der Waals surface area contributed by atoms with Gasteiger partial charge in [0.15, 0.2) is 0 Å². The number of para-hydroxylation sites is 8. The molecule has 0 radical (unpaired) electrons. The van der Waals surface area contributed by atoms with Crippen molar-refractivity contribution >= 4 is 54.2 Å². The van der Waals surface area contributed by atoms with Crippen LogP contribution in [-0.2, 0) is 0 Å². The van der Waals surface area contributed by atoms with Gasteiger partial charge in [0.25, 0.3) is 0 Å². The third-order valence-corrected chi connectivity index (χ3v) is 13.4. The Morgan fingerprint density at radius 2 is 0.439 bits per heavy atom. The van der Waals surface area contributed by atoms with Gasteiger partial charge in [0.1, 0.15) is 0 Å². The summed E-state index contributed by atoms with van der Waals surface area (Å²) in [4.78, 5) is 0. The third-order valence-electron chi connectivity index (χ3n) is 8.32. The van der Waals surface area contributed by atoms with Gasteiger partial charge in [-0.1, -0.05) is 0 Å². The maximum atomic E-state index is 2.66. The van der Waals surface area contributed by atoms with Crippen molar-refractivity contribution in [3.63, 3.8) is 0 Å². The van der Waals surface area contributed by atoms with Crippen molar-refractivity contribution in [2.75, 3.05) is 18.3 Å². The SMILES string of the molecule is c1ccc(N2c3ccccc3N(c3ccccc3)[SiH-]23N(c2ccccc2)c2ccccc2N3c2ccccc2)cc1. The number of hydrogen-bond acceptors (Lipinski definition) is 4. The van der Waals surface area contributed by atoms with Gasteiger partial charge in [0, 0.05) is 0 Å². The molecule has 0 amide bonds. The Balaban J connectivity index is 1.57. The van der Waals surface area contributed by atoms with Crippen LogP contribution in [0.1, 0.15) is 0 Å². The summed E-state index contributed by atoms with van der Waals surface area (Å²) in [5, 5.41) is 0. The Morgan fingerprint density at radius 1 is 0.244 bits per heavy atom. The van der Waals surface area contributed by atoms with E-state index in [1.807, 2.05) is 0 Å². The second-order valence-electron chi connectivity index (χ2n) is 10.5. The standard InChI is InChI=1S/C36H29N4Si/c1-5-17-29(18-6-1)37-33-25-13-14-26-34(33)38(30-19-7-2-8-20-30)41(37)39(31-21-9-3-10-22-31)35-27-15-16-28-36(35)40(41)32-23-11-4-12-24-32/h1-28,41H/q-1. The summed E-state index contributed by atoms with van der Waals surface area (Å²) in [5.74, 6) is 0. The van der Waals surface area contributed by atoms with Crippen LogP contribution in [0.4, 0.5) is 45.5 Å². The molecule has 0 unspecified atom stereocenters. The van der Waals surface area contributed by atoms with Gasteiger partial charge in [-0.3, -0.25) is 0 Å². The molecule has 2 aliphatic heterocycles. The van der Waals surface area contributed by atoms with E-state index in [0.717, 1.165) is 0 Å². The molecule has 5 heteroatoms. The predicted octanol–water partition coefficient (Wildman–Crippen LogP) is 9.13. The van der Waals surface area contributed by atoms with E-state index in [0.29, 0.717) is 0 Å². The molecule has 8 rings (SSSR count). The summed E-state index contributed by atoms with van der Waals surface area (Å²) in [7, 11) is -3.70. The quantitative estimate of drug-likeness (QED) is 0.205. The minimum absolute atomic E-state index is 1.18. The van der Waals surface area contributed by atoms with Crippen LogP contribution in [0.25, 0.3) is 0 Å². The molecule has 1 spiro atoms. The van der Waals surface area contributed by atoms with Crippen LogP contribution in [0.3, 0.4) is 0 Å². The molecule has 4 nitrogen and oxygen atoms in total. The average Bonchev–Trinajstić information content (AvgIpc) is 3.51. The molecule has 41 heavy (non-hydrogen) atoms. The Morgan fingerprint density at radius 3 is 0.659 bits per heavy atom. The molecule has 2 aliphatic rings. The molecule has 0 aliphatic carbocycles. The molecule has 0 atom stereocenters. The van der Waals surface area contributed by atoms with Gasteiger partial charge in [-0.2, -0.15) is 0 Å². The van der Waals surface area contributed by atoms with Gasteiger partial charge >= 0.3 is 242 Å². The molecule has 198 valence electrons. The van der Waals surface area contributed by atoms with Crippen LogP contribution >= 0.6 is 0 Å². The van der Waals surface area contributed by atoms with E-state index in [1.165, 1.54) is 45.5 Å². The Bertz CT molecular complexity index is 1540. The molecule has 0 saturated heterocycles. The van der Waals surface area contributed by atoms with Gasteiger partial charge in [-0.15, -0.1) is 0 Å². The number of anilines is 8. The van der Waals surface area contributed by atoms with Gasteiger partial charge in [0.2, 0.25) is 0 Å². The van der Waals surface area contributed by atoms with Gasteiger partial charge in [-0.05, 0) is 0 Å². The van der Waals surface area contributed by atoms with Crippen molar-refractivity contribution in [3.05, 3.63) is 170 Å². The van der Waals surface area contributed by atoms with Crippen LogP contribution in [0.15, 0.2) is 170 Å². The van der Waals surface area contributed by atoms with E-state index in [2.05, 4.69) is 188 Å². The van der Waals surface area contributed by atoms with Crippen molar-refractivity contribution in [2.24, 2.45) is 0 Å². The summed E-state index contributed by atoms with van der Waals surface area (Å²) in [5.41, 5.74) is 9.56. The number of nitrogens with zero attached hydrogens (tertiary/aromatic N) is 4. The molecule has 6 aromatic carbocycles. The zero-order valence-electron chi connectivity index (χ0n) is 22.5. The minimum atomic E-state index is -3.70. The molecule has 6 aromatic rings. The van der Waals surface area contributed by atoms with E-state index >= 15 is 0 Å². The summed E-state index contributed by atoms with van der Waals surface area (Å²) in [6, 6.07) is 61.4. The van der Waals surface area contributed by atoms with E-state index < -0.39 is 8.72 Å². The van der Waals surface area contributed by atoms with Gasteiger partial charge in [-0.25, -0.2) is 0 Å². The summed E-state index contributed by atoms with van der Waals surface area (Å²) < 4.78 is 10.6. The topological polar surface area (TPSA) is 13.0 Å². The molecule has 0 fully saturated rings. The average molecular weight is 546 g/mol. The van der Waals surface area contributed by atoms with E-state index in [9.17, 15) is 0 Å². The molecular weight excluding hydrogens is 517 g/mol. The molecule has 0 aromatic heterocycles. The van der Waals surface area contributed by atoms with Crippen LogP contribution in [0.2, 0.25) is 0 Å². The van der Waals surface area contributed by atoms with E-state index in [-0.39, 0.29) is 0 Å². The fraction of sp³-hybridized carbons (Fsp3) is 0. The fourth-order valence-corrected chi connectivity index (χ4v) is 12.9. The normalized spacial score (nSPS) is 15.6. The number of benzene rings is 6. The van der Waals surface area contributed by atoms with Crippen molar-refractivity contribution in [3.8, 4) is 0 Å². The molecule has 0 N–H and O–H groups in total. The Hall–Kier alpha value is -5.26. The van der Waals surface area contributed by atoms with Gasteiger partial charge < -0.3 is 0 Å². The summed E-state index contributed by atoms with van der Waals surface area (Å²) in [6.45, 7) is 0. The van der Waals surface area contributed by atoms with Crippen molar-refractivity contribution < 1.29 is 0 Å². The fourth-order valence-electron chi connectivity index (χ4n) is 6.89. The van der Waals surface area contributed by atoms with Crippen LogP contribution in [0.5, 0.6) is 0 Å². The number of hydrogen-bond donors (Lipinski definition) is 0. The summed E-state index contributed by atoms with van der Waals surface area (Å²) >= 11 is 0. The molecular formula is C36H29N4Si-. The van der Waals surface area contributed by atoms with Crippen molar-refractivity contribution in [1.29, 1.82) is 0 Å². The molecule has 0 saturated carbocycles. The second-order valence-corrected chi connectivity index (χ2v) is 13.9. The number of fused-ring (bicyclic) bond motifs is 2. The molecule has 0 bridgehead atoms. The third kappa shape index (κ3) is 3.39. The number of rotatable bonds is 4. The Labute approximate surface area is 241 Å². The first-order valence-corrected chi connectivity index (χ1v) is 16.2.